The Morgan fingerprint density at radius 1 is 1.00 bits per heavy atom. The molecule has 4 fully saturated rings. The van der Waals surface area contributed by atoms with E-state index in [2.05, 4.69) is 16.1 Å². The van der Waals surface area contributed by atoms with Gasteiger partial charge in [0, 0.05) is 10.9 Å². The van der Waals surface area contributed by atoms with Crippen LogP contribution >= 0.6 is 11.6 Å². The molecule has 8 nitrogen and oxygen atoms in total. The summed E-state index contributed by atoms with van der Waals surface area (Å²) in [6.45, 7) is 3.17. The molecule has 2 atom stereocenters. The van der Waals surface area contributed by atoms with Gasteiger partial charge in [0.05, 0.1) is 12.0 Å². The molecular weight excluding hydrogens is 372 g/mol. The molecule has 0 saturated heterocycles. The van der Waals surface area contributed by atoms with Gasteiger partial charge >= 0.3 is 11.8 Å². The molecule has 150 valence electrons. The molecule has 0 aromatic heterocycles. The summed E-state index contributed by atoms with van der Waals surface area (Å²) in [6, 6.07) is -0.191. The molecule has 0 unspecified atom stereocenters. The first-order valence-corrected chi connectivity index (χ1v) is 9.85. The van der Waals surface area contributed by atoms with Crippen molar-refractivity contribution in [3.63, 3.8) is 0 Å². The largest absolute Gasteiger partial charge is 0.346 e. The smallest absolute Gasteiger partial charge is 0.327 e. The summed E-state index contributed by atoms with van der Waals surface area (Å²) in [4.78, 5) is 47.4. The van der Waals surface area contributed by atoms with Crippen LogP contribution in [0.25, 0.3) is 0 Å². The van der Waals surface area contributed by atoms with Gasteiger partial charge in [0.15, 0.2) is 0 Å². The van der Waals surface area contributed by atoms with Gasteiger partial charge in [-0.05, 0) is 64.2 Å². The number of nitrogens with one attached hydrogen (secondary N) is 4. The summed E-state index contributed by atoms with van der Waals surface area (Å²) in [5.74, 6) is -1.56. The van der Waals surface area contributed by atoms with Gasteiger partial charge in [0.2, 0.25) is 5.91 Å². The summed E-state index contributed by atoms with van der Waals surface area (Å²) in [6.07, 6.45) is 5.42. The molecule has 0 aromatic rings. The molecule has 4 amide bonds. The number of alkyl halides is 1. The zero-order chi connectivity index (χ0) is 19.8. The number of hydrogen-bond acceptors (Lipinski definition) is 4. The minimum Gasteiger partial charge on any atom is -0.346 e. The Morgan fingerprint density at radius 2 is 1.63 bits per heavy atom. The second kappa shape index (κ2) is 7.30. The number of carbonyl (C=O) groups excluding carboxylic acids is 4. The normalized spacial score (nSPS) is 33.5. The number of halogens is 1. The van der Waals surface area contributed by atoms with Crippen molar-refractivity contribution in [1.82, 2.24) is 21.5 Å². The zero-order valence-corrected chi connectivity index (χ0v) is 16.4. The van der Waals surface area contributed by atoms with E-state index in [0.29, 0.717) is 18.3 Å². The third kappa shape index (κ3) is 4.36. The number of carbonyl (C=O) groups is 4. The molecule has 0 heterocycles. The van der Waals surface area contributed by atoms with Gasteiger partial charge in [-0.1, -0.05) is 0 Å². The van der Waals surface area contributed by atoms with Crippen molar-refractivity contribution in [3.8, 4) is 0 Å². The Kier molecular flexibility index (Phi) is 5.38. The first-order valence-electron chi connectivity index (χ1n) is 9.48. The SMILES string of the molecule is CC(C)NC(=O)C(=O)NNC(=O)CNC(=O)C12C[C@@H]3C[C@H](CC(Cl)(C3)C1)C2. The predicted octanol–water partition coefficient (Wildman–Crippen LogP) is 0.352. The average Bonchev–Trinajstić information content (AvgIpc) is 2.54. The molecule has 0 aliphatic heterocycles. The number of hydrazine groups is 1. The molecule has 4 aliphatic rings. The Hall–Kier alpha value is -1.83. The molecule has 4 bridgehead atoms. The number of rotatable bonds is 4. The lowest BCUT2D eigenvalue weighted by Crippen LogP contribution is -2.59. The minimum absolute atomic E-state index is 0.138. The van der Waals surface area contributed by atoms with Crippen molar-refractivity contribution in [1.29, 1.82) is 0 Å². The van der Waals surface area contributed by atoms with Crippen molar-refractivity contribution >= 4 is 35.2 Å². The number of amides is 4. The lowest BCUT2D eigenvalue weighted by Gasteiger charge is -2.59. The van der Waals surface area contributed by atoms with E-state index in [1.807, 2.05) is 5.43 Å². The molecule has 4 N–H and O–H groups in total. The van der Waals surface area contributed by atoms with Crippen LogP contribution in [0.4, 0.5) is 0 Å². The highest BCUT2D eigenvalue weighted by atomic mass is 35.5. The maximum absolute atomic E-state index is 12.8. The molecule has 0 aromatic carbocycles. The van der Waals surface area contributed by atoms with E-state index in [1.165, 1.54) is 0 Å². The van der Waals surface area contributed by atoms with Crippen LogP contribution in [0.1, 0.15) is 52.4 Å². The van der Waals surface area contributed by atoms with E-state index in [9.17, 15) is 19.2 Å². The van der Waals surface area contributed by atoms with E-state index in [0.717, 1.165) is 32.1 Å². The Morgan fingerprint density at radius 3 is 2.19 bits per heavy atom. The standard InChI is InChI=1S/C18H27ClN4O4/c1-10(2)21-14(25)15(26)23-22-13(24)8-20-16(27)17-4-11-3-12(5-17)7-18(19,6-11)9-17/h10-12H,3-9H2,1-2H3,(H,20,27)(H,21,25)(H,22,24)(H,23,26)/t11-,12-,17?,18?/m0/s1. The summed E-state index contributed by atoms with van der Waals surface area (Å²) >= 11 is 6.73. The van der Waals surface area contributed by atoms with Gasteiger partial charge in [-0.2, -0.15) is 0 Å². The van der Waals surface area contributed by atoms with Gasteiger partial charge < -0.3 is 10.6 Å². The zero-order valence-electron chi connectivity index (χ0n) is 15.7. The Bertz CT molecular complexity index is 652. The van der Waals surface area contributed by atoms with Crippen LogP contribution < -0.4 is 21.5 Å². The fourth-order valence-electron chi connectivity index (χ4n) is 5.32. The van der Waals surface area contributed by atoms with Crippen molar-refractivity contribution in [2.75, 3.05) is 6.54 Å². The second-order valence-electron chi connectivity index (χ2n) is 8.71. The molecule has 4 saturated carbocycles. The van der Waals surface area contributed by atoms with Crippen LogP contribution in [0.15, 0.2) is 0 Å². The first kappa shape index (κ1) is 19.9. The topological polar surface area (TPSA) is 116 Å². The van der Waals surface area contributed by atoms with E-state index in [1.54, 1.807) is 13.8 Å². The van der Waals surface area contributed by atoms with Crippen LogP contribution in [0.2, 0.25) is 0 Å². The second-order valence-corrected chi connectivity index (χ2v) is 9.51. The minimum atomic E-state index is -0.964. The van der Waals surface area contributed by atoms with Crippen molar-refractivity contribution in [2.45, 2.75) is 63.3 Å². The van der Waals surface area contributed by atoms with Gasteiger partial charge in [0.1, 0.15) is 0 Å². The van der Waals surface area contributed by atoms with Crippen LogP contribution in [-0.2, 0) is 19.2 Å². The summed E-state index contributed by atoms with van der Waals surface area (Å²) in [5, 5.41) is 5.09. The van der Waals surface area contributed by atoms with Gasteiger partial charge in [-0.15, -0.1) is 11.6 Å². The first-order chi connectivity index (χ1) is 12.6. The maximum Gasteiger partial charge on any atom is 0.327 e. The lowest BCUT2D eigenvalue weighted by molar-refractivity contribution is -0.146. The Balaban J connectivity index is 1.46. The third-order valence-electron chi connectivity index (χ3n) is 5.82. The van der Waals surface area contributed by atoms with Crippen LogP contribution in [-0.4, -0.2) is 41.1 Å². The fraction of sp³-hybridized carbons (Fsp3) is 0.778. The van der Waals surface area contributed by atoms with Crippen LogP contribution in [0.3, 0.4) is 0 Å². The molecular formula is C18H27ClN4O4. The van der Waals surface area contributed by atoms with Gasteiger partial charge in [-0.3, -0.25) is 30.0 Å². The highest BCUT2D eigenvalue weighted by Crippen LogP contribution is 2.63. The number of hydrogen-bond donors (Lipinski definition) is 4. The van der Waals surface area contributed by atoms with Crippen molar-refractivity contribution < 1.29 is 19.2 Å². The van der Waals surface area contributed by atoms with E-state index < -0.39 is 23.1 Å². The van der Waals surface area contributed by atoms with E-state index in [-0.39, 0.29) is 23.4 Å². The predicted molar refractivity (Wildman–Crippen MR) is 98.3 cm³/mol. The van der Waals surface area contributed by atoms with Crippen molar-refractivity contribution in [2.24, 2.45) is 17.3 Å². The molecule has 0 spiro atoms. The van der Waals surface area contributed by atoms with E-state index >= 15 is 0 Å². The van der Waals surface area contributed by atoms with Gasteiger partial charge in [-0.25, -0.2) is 0 Å². The molecule has 4 rings (SSSR count). The molecule has 9 heteroatoms. The lowest BCUT2D eigenvalue weighted by atomic mass is 9.49. The molecule has 4 aliphatic carbocycles. The molecule has 0 radical (unpaired) electrons. The quantitative estimate of drug-likeness (QED) is 0.310. The molecule has 27 heavy (non-hydrogen) atoms. The monoisotopic (exact) mass is 398 g/mol. The van der Waals surface area contributed by atoms with Crippen LogP contribution in [0.5, 0.6) is 0 Å². The highest BCUT2D eigenvalue weighted by molar-refractivity contribution is 6.35. The summed E-state index contributed by atoms with van der Waals surface area (Å²) in [7, 11) is 0. The average molecular weight is 399 g/mol. The van der Waals surface area contributed by atoms with E-state index in [4.69, 9.17) is 11.6 Å². The Labute approximate surface area is 163 Å². The summed E-state index contributed by atoms with van der Waals surface area (Å²) < 4.78 is 0. The third-order valence-corrected chi connectivity index (χ3v) is 6.26. The summed E-state index contributed by atoms with van der Waals surface area (Å²) in [5.41, 5.74) is 3.68. The fourth-order valence-corrected chi connectivity index (χ4v) is 6.01. The van der Waals surface area contributed by atoms with Crippen molar-refractivity contribution in [3.05, 3.63) is 0 Å². The van der Waals surface area contributed by atoms with Crippen LogP contribution in [0, 0.1) is 17.3 Å². The maximum atomic E-state index is 12.8. The highest BCUT2D eigenvalue weighted by Gasteiger charge is 2.60. The van der Waals surface area contributed by atoms with Gasteiger partial charge in [0.25, 0.3) is 5.91 Å².